The molecule has 28 heavy (non-hydrogen) atoms. The fourth-order valence-electron chi connectivity index (χ4n) is 2.98. The number of hydrogen-bond donors (Lipinski definition) is 2. The van der Waals surface area contributed by atoms with Crippen molar-refractivity contribution in [3.05, 3.63) is 89.2 Å². The number of aromatic nitrogens is 1. The van der Waals surface area contributed by atoms with Gasteiger partial charge in [-0.05, 0) is 48.2 Å². The monoisotopic (exact) mass is 373 g/mol. The van der Waals surface area contributed by atoms with Gasteiger partial charge in [0.2, 0.25) is 0 Å². The first-order chi connectivity index (χ1) is 13.6. The molecule has 3 rings (SSSR count). The van der Waals surface area contributed by atoms with E-state index in [4.69, 9.17) is 0 Å². The van der Waals surface area contributed by atoms with E-state index in [1.165, 1.54) is 12.3 Å². The molecule has 1 heterocycles. The first-order valence-electron chi connectivity index (χ1n) is 9.37. The molecular weight excluding hydrogens is 350 g/mol. The summed E-state index contributed by atoms with van der Waals surface area (Å²) in [4.78, 5) is 29.4. The third kappa shape index (κ3) is 4.43. The zero-order valence-corrected chi connectivity index (χ0v) is 16.0. The van der Waals surface area contributed by atoms with Gasteiger partial charge in [-0.25, -0.2) is 0 Å². The molecule has 1 aromatic heterocycles. The van der Waals surface area contributed by atoms with E-state index in [9.17, 15) is 9.59 Å². The Morgan fingerprint density at radius 1 is 0.786 bits per heavy atom. The highest BCUT2D eigenvalue weighted by molar-refractivity contribution is 6.08. The predicted octanol–water partition coefficient (Wildman–Crippen LogP) is 4.71. The molecule has 0 unspecified atom stereocenters. The molecule has 2 aromatic carbocycles. The summed E-state index contributed by atoms with van der Waals surface area (Å²) >= 11 is 0. The summed E-state index contributed by atoms with van der Waals surface area (Å²) in [6.07, 6.45) is 3.10. The van der Waals surface area contributed by atoms with E-state index in [0.717, 1.165) is 35.3 Å². The largest absolute Gasteiger partial charge is 0.322 e. The molecule has 0 fully saturated rings. The number of nitrogens with zero attached hydrogens (tertiary/aromatic N) is 1. The Morgan fingerprint density at radius 2 is 1.32 bits per heavy atom. The van der Waals surface area contributed by atoms with Crippen molar-refractivity contribution in [2.45, 2.75) is 26.7 Å². The smallest absolute Gasteiger partial charge is 0.274 e. The molecule has 3 aromatic rings. The second-order valence-electron chi connectivity index (χ2n) is 6.36. The van der Waals surface area contributed by atoms with Crippen molar-refractivity contribution in [3.8, 4) is 0 Å². The highest BCUT2D eigenvalue weighted by Gasteiger charge is 2.14. The topological polar surface area (TPSA) is 71.1 Å². The van der Waals surface area contributed by atoms with E-state index >= 15 is 0 Å². The van der Waals surface area contributed by atoms with Crippen LogP contribution < -0.4 is 10.6 Å². The van der Waals surface area contributed by atoms with Crippen molar-refractivity contribution in [2.24, 2.45) is 0 Å². The second kappa shape index (κ2) is 8.95. The third-order valence-corrected chi connectivity index (χ3v) is 4.55. The molecule has 0 aliphatic carbocycles. The third-order valence-electron chi connectivity index (χ3n) is 4.55. The second-order valence-corrected chi connectivity index (χ2v) is 6.36. The lowest BCUT2D eigenvalue weighted by atomic mass is 10.1. The van der Waals surface area contributed by atoms with Crippen LogP contribution in [0.25, 0.3) is 0 Å². The van der Waals surface area contributed by atoms with Crippen molar-refractivity contribution in [3.63, 3.8) is 0 Å². The van der Waals surface area contributed by atoms with Crippen LogP contribution in [0.2, 0.25) is 0 Å². The zero-order valence-electron chi connectivity index (χ0n) is 16.0. The SMILES string of the molecule is CCc1ccccc1NC(=O)c1ccnc(C(=O)Nc2ccccc2CC)c1. The number of hydrogen-bond acceptors (Lipinski definition) is 3. The highest BCUT2D eigenvalue weighted by atomic mass is 16.2. The molecule has 142 valence electrons. The summed E-state index contributed by atoms with van der Waals surface area (Å²) in [7, 11) is 0. The molecule has 2 amide bonds. The molecule has 0 aliphatic heterocycles. The predicted molar refractivity (Wildman–Crippen MR) is 112 cm³/mol. The molecule has 5 nitrogen and oxygen atoms in total. The van der Waals surface area contributed by atoms with Gasteiger partial charge in [0.05, 0.1) is 0 Å². The van der Waals surface area contributed by atoms with Crippen LogP contribution in [0.3, 0.4) is 0 Å². The van der Waals surface area contributed by atoms with Crippen LogP contribution in [-0.2, 0) is 12.8 Å². The Balaban J connectivity index is 1.78. The minimum Gasteiger partial charge on any atom is -0.322 e. The van der Waals surface area contributed by atoms with Gasteiger partial charge in [0.25, 0.3) is 11.8 Å². The van der Waals surface area contributed by atoms with Crippen LogP contribution in [0, 0.1) is 0 Å². The summed E-state index contributed by atoms with van der Waals surface area (Å²) in [5, 5.41) is 5.79. The number of amides is 2. The van der Waals surface area contributed by atoms with Crippen LogP contribution in [0.1, 0.15) is 45.8 Å². The summed E-state index contributed by atoms with van der Waals surface area (Å²) in [6, 6.07) is 18.4. The molecule has 0 saturated heterocycles. The van der Waals surface area contributed by atoms with Gasteiger partial charge in [0.1, 0.15) is 5.69 Å². The van der Waals surface area contributed by atoms with Crippen LogP contribution in [-0.4, -0.2) is 16.8 Å². The standard InChI is InChI=1S/C23H23N3O2/c1-3-16-9-5-7-11-19(16)25-22(27)18-13-14-24-21(15-18)23(28)26-20-12-8-6-10-17(20)4-2/h5-15H,3-4H2,1-2H3,(H,25,27)(H,26,28). The summed E-state index contributed by atoms with van der Waals surface area (Å²) in [5.74, 6) is -0.615. The van der Waals surface area contributed by atoms with Gasteiger partial charge < -0.3 is 10.6 Å². The number of nitrogens with one attached hydrogen (secondary N) is 2. The molecule has 0 radical (unpaired) electrons. The Hall–Kier alpha value is -3.47. The number of anilines is 2. The average molecular weight is 373 g/mol. The molecule has 2 N–H and O–H groups in total. The molecule has 0 aliphatic rings. The van der Waals surface area contributed by atoms with E-state index in [2.05, 4.69) is 15.6 Å². The van der Waals surface area contributed by atoms with Crippen LogP contribution in [0.5, 0.6) is 0 Å². The number of benzene rings is 2. The van der Waals surface area contributed by atoms with Gasteiger partial charge in [-0.2, -0.15) is 0 Å². The first-order valence-corrected chi connectivity index (χ1v) is 9.37. The number of para-hydroxylation sites is 2. The quantitative estimate of drug-likeness (QED) is 0.657. The Labute approximate surface area is 164 Å². The Bertz CT molecular complexity index is 922. The number of carbonyl (C=O) groups excluding carboxylic acids is 2. The van der Waals surface area contributed by atoms with Gasteiger partial charge in [0, 0.05) is 23.1 Å². The molecule has 0 saturated carbocycles. The molecule has 0 spiro atoms. The van der Waals surface area contributed by atoms with Crippen molar-refractivity contribution in [1.82, 2.24) is 4.98 Å². The van der Waals surface area contributed by atoms with Crippen LogP contribution in [0.4, 0.5) is 11.4 Å². The number of carbonyl (C=O) groups is 2. The minimum absolute atomic E-state index is 0.197. The van der Waals surface area contributed by atoms with E-state index in [1.54, 1.807) is 6.07 Å². The van der Waals surface area contributed by atoms with Gasteiger partial charge in [0.15, 0.2) is 0 Å². The highest BCUT2D eigenvalue weighted by Crippen LogP contribution is 2.18. The molecular formula is C23H23N3O2. The minimum atomic E-state index is -0.343. The lowest BCUT2D eigenvalue weighted by Crippen LogP contribution is -2.18. The van der Waals surface area contributed by atoms with Gasteiger partial charge in [-0.1, -0.05) is 50.2 Å². The summed E-state index contributed by atoms with van der Waals surface area (Å²) in [5.41, 5.74) is 4.20. The fourth-order valence-corrected chi connectivity index (χ4v) is 2.98. The lowest BCUT2D eigenvalue weighted by Gasteiger charge is -2.11. The van der Waals surface area contributed by atoms with Crippen molar-refractivity contribution >= 4 is 23.2 Å². The Morgan fingerprint density at radius 3 is 1.89 bits per heavy atom. The average Bonchev–Trinajstić information content (AvgIpc) is 2.74. The van der Waals surface area contributed by atoms with Crippen molar-refractivity contribution < 1.29 is 9.59 Å². The maximum Gasteiger partial charge on any atom is 0.274 e. The summed E-state index contributed by atoms with van der Waals surface area (Å²) in [6.45, 7) is 4.07. The molecule has 5 heteroatoms. The number of pyridine rings is 1. The van der Waals surface area contributed by atoms with Gasteiger partial charge in [-0.3, -0.25) is 14.6 Å². The maximum absolute atomic E-state index is 12.6. The molecule has 0 bridgehead atoms. The normalized spacial score (nSPS) is 10.4. The van der Waals surface area contributed by atoms with Crippen LogP contribution >= 0.6 is 0 Å². The van der Waals surface area contributed by atoms with Crippen molar-refractivity contribution in [1.29, 1.82) is 0 Å². The van der Waals surface area contributed by atoms with Gasteiger partial charge >= 0.3 is 0 Å². The van der Waals surface area contributed by atoms with E-state index < -0.39 is 0 Å². The van der Waals surface area contributed by atoms with Crippen LogP contribution in [0.15, 0.2) is 66.9 Å². The maximum atomic E-state index is 12.6. The number of aryl methyl sites for hydroxylation is 2. The first kappa shape index (κ1) is 19.3. The van der Waals surface area contributed by atoms with E-state index in [0.29, 0.717) is 5.56 Å². The summed E-state index contributed by atoms with van der Waals surface area (Å²) < 4.78 is 0. The lowest BCUT2D eigenvalue weighted by molar-refractivity contribution is 0.102. The van der Waals surface area contributed by atoms with E-state index in [1.807, 2.05) is 62.4 Å². The Kier molecular flexibility index (Phi) is 6.17. The fraction of sp³-hybridized carbons (Fsp3) is 0.174. The van der Waals surface area contributed by atoms with E-state index in [-0.39, 0.29) is 17.5 Å². The van der Waals surface area contributed by atoms with Gasteiger partial charge in [-0.15, -0.1) is 0 Å². The van der Waals surface area contributed by atoms with Crippen molar-refractivity contribution in [2.75, 3.05) is 10.6 Å². The molecule has 0 atom stereocenters. The zero-order chi connectivity index (χ0) is 19.9. The number of rotatable bonds is 6.